The Morgan fingerprint density at radius 1 is 1.04 bits per heavy atom. The number of para-hydroxylation sites is 1. The van der Waals surface area contributed by atoms with Crippen molar-refractivity contribution in [3.63, 3.8) is 0 Å². The Labute approximate surface area is 150 Å². The van der Waals surface area contributed by atoms with E-state index in [0.717, 1.165) is 19.6 Å². The predicted octanol–water partition coefficient (Wildman–Crippen LogP) is 5.17. The maximum Gasteiger partial charge on any atom is 0.123 e. The van der Waals surface area contributed by atoms with Crippen LogP contribution < -0.4 is 5.32 Å². The van der Waals surface area contributed by atoms with Gasteiger partial charge in [-0.2, -0.15) is 0 Å². The van der Waals surface area contributed by atoms with Gasteiger partial charge in [-0.15, -0.1) is 0 Å². The molecule has 1 saturated heterocycles. The van der Waals surface area contributed by atoms with Crippen molar-refractivity contribution in [2.24, 2.45) is 0 Å². The van der Waals surface area contributed by atoms with Crippen LogP contribution in [0.1, 0.15) is 49.7 Å². The predicted molar refractivity (Wildman–Crippen MR) is 101 cm³/mol. The summed E-state index contributed by atoms with van der Waals surface area (Å²) in [6.07, 6.45) is 4.85. The van der Waals surface area contributed by atoms with E-state index in [-0.39, 0.29) is 11.4 Å². The molecular formula is C22H27FN2. The zero-order valence-corrected chi connectivity index (χ0v) is 15.0. The Kier molecular flexibility index (Phi) is 4.51. The van der Waals surface area contributed by atoms with Crippen molar-refractivity contribution in [1.82, 2.24) is 4.90 Å². The average Bonchev–Trinajstić information content (AvgIpc) is 2.77. The molecule has 2 aliphatic heterocycles. The van der Waals surface area contributed by atoms with Gasteiger partial charge < -0.3 is 5.32 Å². The van der Waals surface area contributed by atoms with Crippen molar-refractivity contribution in [3.05, 3.63) is 65.5 Å². The van der Waals surface area contributed by atoms with E-state index in [0.29, 0.717) is 5.92 Å². The fourth-order valence-corrected chi connectivity index (χ4v) is 4.40. The molecule has 2 aromatic rings. The molecule has 2 heterocycles. The van der Waals surface area contributed by atoms with Crippen LogP contribution in [0.25, 0.3) is 0 Å². The van der Waals surface area contributed by atoms with Crippen LogP contribution in [0.3, 0.4) is 0 Å². The lowest BCUT2D eigenvalue weighted by molar-refractivity contribution is 0.159. The van der Waals surface area contributed by atoms with E-state index in [4.69, 9.17) is 0 Å². The fraction of sp³-hybridized carbons (Fsp3) is 0.455. The topological polar surface area (TPSA) is 15.3 Å². The van der Waals surface area contributed by atoms with Crippen molar-refractivity contribution in [1.29, 1.82) is 0 Å². The van der Waals surface area contributed by atoms with Crippen molar-refractivity contribution < 1.29 is 4.39 Å². The zero-order valence-electron chi connectivity index (χ0n) is 15.0. The fourth-order valence-electron chi connectivity index (χ4n) is 4.40. The first-order valence-electron chi connectivity index (χ1n) is 9.47. The first-order valence-corrected chi connectivity index (χ1v) is 9.47. The van der Waals surface area contributed by atoms with Crippen LogP contribution in [0.5, 0.6) is 0 Å². The van der Waals surface area contributed by atoms with E-state index in [1.54, 1.807) is 12.1 Å². The van der Waals surface area contributed by atoms with E-state index < -0.39 is 0 Å². The lowest BCUT2D eigenvalue weighted by Crippen LogP contribution is -2.48. The van der Waals surface area contributed by atoms with E-state index in [1.807, 2.05) is 12.1 Å². The molecule has 1 spiro atoms. The highest BCUT2D eigenvalue weighted by Gasteiger charge is 2.37. The van der Waals surface area contributed by atoms with Gasteiger partial charge in [0, 0.05) is 30.9 Å². The second kappa shape index (κ2) is 6.80. The molecule has 0 saturated carbocycles. The highest BCUT2D eigenvalue weighted by Crippen LogP contribution is 2.40. The van der Waals surface area contributed by atoms with Gasteiger partial charge in [-0.1, -0.05) is 37.3 Å². The van der Waals surface area contributed by atoms with Crippen LogP contribution >= 0.6 is 0 Å². The maximum atomic E-state index is 13.1. The van der Waals surface area contributed by atoms with Gasteiger partial charge in [-0.25, -0.2) is 4.39 Å². The van der Waals surface area contributed by atoms with E-state index in [1.165, 1.54) is 42.5 Å². The van der Waals surface area contributed by atoms with Gasteiger partial charge in [0.05, 0.1) is 0 Å². The summed E-state index contributed by atoms with van der Waals surface area (Å²) in [4.78, 5) is 2.50. The van der Waals surface area contributed by atoms with Gasteiger partial charge in [0.15, 0.2) is 0 Å². The highest BCUT2D eigenvalue weighted by molar-refractivity contribution is 5.55. The number of hydrogen-bond donors (Lipinski definition) is 1. The Morgan fingerprint density at radius 3 is 2.52 bits per heavy atom. The van der Waals surface area contributed by atoms with Gasteiger partial charge in [0.2, 0.25) is 0 Å². The zero-order chi connectivity index (χ0) is 17.3. The van der Waals surface area contributed by atoms with Crippen molar-refractivity contribution >= 4 is 5.69 Å². The number of nitrogens with zero attached hydrogens (tertiary/aromatic N) is 1. The number of fused-ring (bicyclic) bond motifs is 1. The summed E-state index contributed by atoms with van der Waals surface area (Å²) in [5, 5.41) is 3.92. The average molecular weight is 338 g/mol. The van der Waals surface area contributed by atoms with Crippen LogP contribution in [0.2, 0.25) is 0 Å². The molecular weight excluding hydrogens is 311 g/mol. The normalized spacial score (nSPS) is 22.9. The van der Waals surface area contributed by atoms with E-state index >= 15 is 0 Å². The molecule has 132 valence electrons. The van der Waals surface area contributed by atoms with Crippen molar-refractivity contribution in [2.75, 3.05) is 18.4 Å². The van der Waals surface area contributed by atoms with E-state index in [9.17, 15) is 4.39 Å². The molecule has 0 radical (unpaired) electrons. The summed E-state index contributed by atoms with van der Waals surface area (Å²) in [5.41, 5.74) is 4.23. The number of piperidine rings is 1. The first kappa shape index (κ1) is 16.6. The summed E-state index contributed by atoms with van der Waals surface area (Å²) in [5.74, 6) is 0.470. The number of halogens is 1. The van der Waals surface area contributed by atoms with Gasteiger partial charge in [0.1, 0.15) is 5.82 Å². The third-order valence-electron chi connectivity index (χ3n) is 6.08. The number of nitrogens with one attached hydrogen (secondary N) is 1. The summed E-state index contributed by atoms with van der Waals surface area (Å²) in [6.45, 7) is 5.47. The number of hydrogen-bond acceptors (Lipinski definition) is 2. The molecule has 2 aromatic carbocycles. The first-order chi connectivity index (χ1) is 12.1. The summed E-state index contributed by atoms with van der Waals surface area (Å²) in [6, 6.07) is 15.7. The quantitative estimate of drug-likeness (QED) is 0.812. The minimum absolute atomic E-state index is 0.156. The number of likely N-dealkylation sites (tertiary alicyclic amines) is 1. The summed E-state index contributed by atoms with van der Waals surface area (Å²) >= 11 is 0. The standard InChI is InChI=1S/C22H27FN2/c1-17-10-11-22(24-21-5-3-2-4-20(17)21)12-14-25(15-13-22)16-18-6-8-19(23)9-7-18/h2-9,17,24H,10-16H2,1H3. The van der Waals surface area contributed by atoms with Gasteiger partial charge in [-0.3, -0.25) is 4.90 Å². The highest BCUT2D eigenvalue weighted by atomic mass is 19.1. The summed E-state index contributed by atoms with van der Waals surface area (Å²) in [7, 11) is 0. The molecule has 0 aliphatic carbocycles. The molecule has 2 nitrogen and oxygen atoms in total. The monoisotopic (exact) mass is 338 g/mol. The maximum absolute atomic E-state index is 13.1. The minimum Gasteiger partial charge on any atom is -0.379 e. The Morgan fingerprint density at radius 2 is 1.76 bits per heavy atom. The summed E-state index contributed by atoms with van der Waals surface area (Å²) < 4.78 is 13.1. The van der Waals surface area contributed by atoms with Crippen molar-refractivity contribution in [3.8, 4) is 0 Å². The third kappa shape index (κ3) is 3.57. The Balaban J connectivity index is 1.43. The van der Waals surface area contributed by atoms with Crippen molar-refractivity contribution in [2.45, 2.75) is 50.6 Å². The van der Waals surface area contributed by atoms with Gasteiger partial charge >= 0.3 is 0 Å². The molecule has 1 atom stereocenters. The number of anilines is 1. The largest absolute Gasteiger partial charge is 0.379 e. The van der Waals surface area contributed by atoms with Crippen LogP contribution in [-0.2, 0) is 6.54 Å². The Bertz CT molecular complexity index is 717. The second-order valence-corrected chi connectivity index (χ2v) is 7.83. The molecule has 25 heavy (non-hydrogen) atoms. The van der Waals surface area contributed by atoms with Crippen LogP contribution in [-0.4, -0.2) is 23.5 Å². The molecule has 3 heteroatoms. The molecule has 4 rings (SSSR count). The van der Waals surface area contributed by atoms with Crippen LogP contribution in [0.15, 0.2) is 48.5 Å². The lowest BCUT2D eigenvalue weighted by atomic mass is 9.82. The minimum atomic E-state index is -0.156. The van der Waals surface area contributed by atoms with Crippen LogP contribution in [0, 0.1) is 5.82 Å². The Hall–Kier alpha value is -1.87. The molecule has 1 unspecified atom stereocenters. The molecule has 2 aliphatic rings. The van der Waals surface area contributed by atoms with Gasteiger partial charge in [0.25, 0.3) is 0 Å². The number of benzene rings is 2. The second-order valence-electron chi connectivity index (χ2n) is 7.83. The van der Waals surface area contributed by atoms with Gasteiger partial charge in [-0.05, 0) is 60.9 Å². The molecule has 0 amide bonds. The number of rotatable bonds is 2. The lowest BCUT2D eigenvalue weighted by Gasteiger charge is -2.42. The van der Waals surface area contributed by atoms with Crippen LogP contribution in [0.4, 0.5) is 10.1 Å². The van der Waals surface area contributed by atoms with E-state index in [2.05, 4.69) is 41.4 Å². The molecule has 1 N–H and O–H groups in total. The molecule has 0 bridgehead atoms. The molecule has 0 aromatic heterocycles. The smallest absolute Gasteiger partial charge is 0.123 e. The SMILES string of the molecule is CC1CCC2(CCN(Cc3ccc(F)cc3)CC2)Nc2ccccc21. The molecule has 1 fully saturated rings. The third-order valence-corrected chi connectivity index (χ3v) is 6.08.